The minimum absolute atomic E-state index is 0.0470. The van der Waals surface area contributed by atoms with Crippen LogP contribution in [0.15, 0.2) is 29.0 Å². The number of hydrogen-bond donors (Lipinski definition) is 0. The Labute approximate surface area is 183 Å². The van der Waals surface area contributed by atoms with Crippen molar-refractivity contribution in [3.63, 3.8) is 0 Å². The van der Waals surface area contributed by atoms with Crippen LogP contribution in [-0.4, -0.2) is 43.8 Å². The number of piperidine rings is 1. The van der Waals surface area contributed by atoms with Gasteiger partial charge in [-0.3, -0.25) is 9.48 Å². The molecule has 4 heterocycles. The maximum absolute atomic E-state index is 13.9. The van der Waals surface area contributed by atoms with Crippen molar-refractivity contribution >= 4 is 17.0 Å². The molecule has 3 aromatic heterocycles. The number of nitrogens with zero attached hydrogens (tertiary/aromatic N) is 5. The molecule has 0 saturated carbocycles. The summed E-state index contributed by atoms with van der Waals surface area (Å²) in [5.74, 6) is -0.884. The third kappa shape index (κ3) is 4.35. The molecule has 172 valence electrons. The third-order valence-corrected chi connectivity index (χ3v) is 5.95. The van der Waals surface area contributed by atoms with Gasteiger partial charge in [0.15, 0.2) is 0 Å². The van der Waals surface area contributed by atoms with Crippen LogP contribution in [0.3, 0.4) is 0 Å². The molecule has 1 amide bonds. The molecule has 32 heavy (non-hydrogen) atoms. The highest BCUT2D eigenvalue weighted by Gasteiger charge is 2.38. The van der Waals surface area contributed by atoms with E-state index in [1.54, 1.807) is 41.9 Å². The number of carbonyl (C=O) groups excluding carboxylic acids is 1. The van der Waals surface area contributed by atoms with E-state index in [0.29, 0.717) is 38.2 Å². The Morgan fingerprint density at radius 1 is 1.31 bits per heavy atom. The summed E-state index contributed by atoms with van der Waals surface area (Å²) >= 11 is 0. The minimum atomic E-state index is -4.56. The molecule has 7 nitrogen and oxygen atoms in total. The number of halogens is 3. The molecule has 1 aliphatic rings. The Bertz CT molecular complexity index is 1090. The topological polar surface area (TPSA) is 77.0 Å². The number of alkyl halides is 3. The van der Waals surface area contributed by atoms with Crippen molar-refractivity contribution in [1.82, 2.24) is 24.8 Å². The van der Waals surface area contributed by atoms with Crippen LogP contribution in [0.2, 0.25) is 0 Å². The second kappa shape index (κ2) is 8.55. The van der Waals surface area contributed by atoms with Gasteiger partial charge in [0.25, 0.3) is 5.71 Å². The summed E-state index contributed by atoms with van der Waals surface area (Å²) in [5, 5.41) is 8.05. The van der Waals surface area contributed by atoms with Crippen molar-refractivity contribution in [1.29, 1.82) is 0 Å². The van der Waals surface area contributed by atoms with E-state index in [0.717, 1.165) is 6.07 Å². The summed E-state index contributed by atoms with van der Waals surface area (Å²) in [6.07, 6.45) is 0.191. The Kier molecular flexibility index (Phi) is 5.96. The molecule has 10 heteroatoms. The van der Waals surface area contributed by atoms with Crippen LogP contribution in [0.5, 0.6) is 0 Å². The smallest absolute Gasteiger partial charge is 0.342 e. The minimum Gasteiger partial charge on any atom is -0.342 e. The SMILES string of the molecule is CC(C)c1cc(C(F)(F)F)c2c([C@H]3CCCN(C(=O)[C@@H](C)Cn4cccn4)C3)noc2n1. The highest BCUT2D eigenvalue weighted by atomic mass is 19.4. The molecule has 0 bridgehead atoms. The third-order valence-electron chi connectivity index (χ3n) is 5.95. The average Bonchev–Trinajstić information content (AvgIpc) is 3.41. The second-order valence-electron chi connectivity index (χ2n) is 8.75. The van der Waals surface area contributed by atoms with Crippen LogP contribution in [-0.2, 0) is 17.5 Å². The normalized spacial score (nSPS) is 18.5. The monoisotopic (exact) mass is 449 g/mol. The first kappa shape index (κ1) is 22.3. The molecule has 0 spiro atoms. The molecular weight excluding hydrogens is 423 g/mol. The summed E-state index contributed by atoms with van der Waals surface area (Å²) in [5.41, 5.74) is -0.347. The zero-order chi connectivity index (χ0) is 23.0. The molecule has 0 unspecified atom stereocenters. The molecule has 0 radical (unpaired) electrons. The molecule has 0 aliphatic carbocycles. The van der Waals surface area contributed by atoms with E-state index >= 15 is 0 Å². The first-order valence-electron chi connectivity index (χ1n) is 10.8. The number of rotatable bonds is 5. The van der Waals surface area contributed by atoms with Gasteiger partial charge in [-0.2, -0.15) is 18.3 Å². The number of amides is 1. The standard InChI is InChI=1S/C22H26F3N5O2/c1-13(2)17-10-16(22(23,24)25)18-19(28-32-20(18)27-17)15-6-4-8-29(12-15)21(31)14(3)11-30-9-5-7-26-30/h5,7,9-10,13-15H,4,6,8,11-12H2,1-3H3/t14-,15-/m0/s1. The van der Waals surface area contributed by atoms with E-state index in [9.17, 15) is 18.0 Å². The molecule has 0 aromatic carbocycles. The summed E-state index contributed by atoms with van der Waals surface area (Å²) in [6.45, 7) is 6.70. The molecule has 3 aromatic rings. The van der Waals surface area contributed by atoms with E-state index in [1.807, 2.05) is 6.92 Å². The quantitative estimate of drug-likeness (QED) is 0.569. The molecule has 1 aliphatic heterocycles. The first-order chi connectivity index (χ1) is 15.1. The zero-order valence-corrected chi connectivity index (χ0v) is 18.3. The summed E-state index contributed by atoms with van der Waals surface area (Å²) in [6, 6.07) is 2.88. The second-order valence-corrected chi connectivity index (χ2v) is 8.75. The number of likely N-dealkylation sites (tertiary alicyclic amines) is 1. The maximum Gasteiger partial charge on any atom is 0.417 e. The number of pyridine rings is 1. The molecule has 1 fully saturated rings. The van der Waals surface area contributed by atoms with Gasteiger partial charge in [-0.25, -0.2) is 4.98 Å². The van der Waals surface area contributed by atoms with E-state index in [-0.39, 0.29) is 40.5 Å². The van der Waals surface area contributed by atoms with Gasteiger partial charge in [-0.15, -0.1) is 0 Å². The van der Waals surface area contributed by atoms with Crippen molar-refractivity contribution in [2.45, 2.75) is 58.2 Å². The number of fused-ring (bicyclic) bond motifs is 1. The van der Waals surface area contributed by atoms with E-state index in [2.05, 4.69) is 15.2 Å². The molecule has 0 N–H and O–H groups in total. The van der Waals surface area contributed by atoms with Crippen LogP contribution in [0.4, 0.5) is 13.2 Å². The summed E-state index contributed by atoms with van der Waals surface area (Å²) in [4.78, 5) is 19.0. The predicted octanol–water partition coefficient (Wildman–Crippen LogP) is 4.60. The molecule has 4 rings (SSSR count). The first-order valence-corrected chi connectivity index (χ1v) is 10.8. The van der Waals surface area contributed by atoms with Gasteiger partial charge in [-0.1, -0.05) is 25.9 Å². The van der Waals surface area contributed by atoms with Gasteiger partial charge in [0, 0.05) is 37.1 Å². The fourth-order valence-corrected chi connectivity index (χ4v) is 4.27. The van der Waals surface area contributed by atoms with Crippen LogP contribution in [0.25, 0.3) is 11.1 Å². The Morgan fingerprint density at radius 3 is 2.75 bits per heavy atom. The Hall–Kier alpha value is -2.91. The highest BCUT2D eigenvalue weighted by molar-refractivity contribution is 5.82. The van der Waals surface area contributed by atoms with Gasteiger partial charge >= 0.3 is 6.18 Å². The lowest BCUT2D eigenvalue weighted by Crippen LogP contribution is -2.42. The molecular formula is C22H26F3N5O2. The zero-order valence-electron chi connectivity index (χ0n) is 18.3. The van der Waals surface area contributed by atoms with Crippen LogP contribution in [0, 0.1) is 5.92 Å². The number of carbonyl (C=O) groups is 1. The fourth-order valence-electron chi connectivity index (χ4n) is 4.27. The Balaban J connectivity index is 1.62. The lowest BCUT2D eigenvalue weighted by Gasteiger charge is -2.33. The van der Waals surface area contributed by atoms with E-state index < -0.39 is 11.7 Å². The van der Waals surface area contributed by atoms with Gasteiger partial charge < -0.3 is 9.42 Å². The molecule has 1 saturated heterocycles. The van der Waals surface area contributed by atoms with Crippen molar-refractivity contribution in [3.05, 3.63) is 41.5 Å². The van der Waals surface area contributed by atoms with Crippen LogP contribution in [0.1, 0.15) is 62.4 Å². The maximum atomic E-state index is 13.9. The predicted molar refractivity (Wildman–Crippen MR) is 111 cm³/mol. The Morgan fingerprint density at radius 2 is 2.09 bits per heavy atom. The number of hydrogen-bond acceptors (Lipinski definition) is 5. The van der Waals surface area contributed by atoms with Crippen molar-refractivity contribution in [2.75, 3.05) is 13.1 Å². The largest absolute Gasteiger partial charge is 0.417 e. The lowest BCUT2D eigenvalue weighted by atomic mass is 9.90. The van der Waals surface area contributed by atoms with Crippen molar-refractivity contribution < 1.29 is 22.5 Å². The van der Waals surface area contributed by atoms with E-state index in [1.165, 1.54) is 0 Å². The van der Waals surface area contributed by atoms with Gasteiger partial charge in [0.2, 0.25) is 5.91 Å². The fraction of sp³-hybridized carbons (Fsp3) is 0.545. The summed E-state index contributed by atoms with van der Waals surface area (Å²) < 4.78 is 48.7. The van der Waals surface area contributed by atoms with Crippen LogP contribution < -0.4 is 0 Å². The van der Waals surface area contributed by atoms with Crippen LogP contribution >= 0.6 is 0 Å². The highest BCUT2D eigenvalue weighted by Crippen LogP contribution is 2.40. The lowest BCUT2D eigenvalue weighted by molar-refractivity contribution is -0.137. The average molecular weight is 449 g/mol. The molecule has 2 atom stereocenters. The van der Waals surface area contributed by atoms with E-state index in [4.69, 9.17) is 4.52 Å². The van der Waals surface area contributed by atoms with Gasteiger partial charge in [0.1, 0.15) is 0 Å². The van der Waals surface area contributed by atoms with Gasteiger partial charge in [0.05, 0.1) is 29.1 Å². The van der Waals surface area contributed by atoms with Crippen molar-refractivity contribution in [2.24, 2.45) is 5.92 Å². The van der Waals surface area contributed by atoms with Gasteiger partial charge in [-0.05, 0) is 30.9 Å². The van der Waals surface area contributed by atoms with Crippen molar-refractivity contribution in [3.8, 4) is 0 Å². The summed E-state index contributed by atoms with van der Waals surface area (Å²) in [7, 11) is 0. The number of aromatic nitrogens is 4.